The maximum absolute atomic E-state index is 12.0. The first-order chi connectivity index (χ1) is 12.1. The number of ether oxygens (including phenoxy) is 2. The maximum atomic E-state index is 12.0. The molecule has 0 unspecified atom stereocenters. The average molecular weight is 382 g/mol. The predicted octanol–water partition coefficient (Wildman–Crippen LogP) is 5.58. The lowest BCUT2D eigenvalue weighted by Crippen LogP contribution is -2.20. The molecule has 0 saturated heterocycles. The van der Waals surface area contributed by atoms with E-state index in [1.165, 1.54) is 0 Å². The number of rotatable bonds is 9. The number of unbranched alkanes of at least 4 members (excludes halogenated alkanes) is 2. The van der Waals surface area contributed by atoms with Crippen molar-refractivity contribution >= 4 is 34.8 Å². The summed E-state index contributed by atoms with van der Waals surface area (Å²) in [6.07, 6.45) is 3.32. The van der Waals surface area contributed by atoms with Gasteiger partial charge in [0.05, 0.1) is 16.7 Å². The SMILES string of the molecule is CCCCCOc1cccc(OCC(=O)Nc2ccc(Cl)c(Cl)c2)c1. The zero-order valence-electron chi connectivity index (χ0n) is 14.1. The number of hydrogen-bond acceptors (Lipinski definition) is 3. The van der Waals surface area contributed by atoms with Gasteiger partial charge < -0.3 is 14.8 Å². The van der Waals surface area contributed by atoms with Crippen LogP contribution in [-0.4, -0.2) is 19.1 Å². The second-order valence-corrected chi connectivity index (χ2v) is 6.31. The van der Waals surface area contributed by atoms with Gasteiger partial charge >= 0.3 is 0 Å². The molecular weight excluding hydrogens is 361 g/mol. The molecule has 134 valence electrons. The van der Waals surface area contributed by atoms with Crippen LogP contribution in [0.2, 0.25) is 10.0 Å². The smallest absolute Gasteiger partial charge is 0.262 e. The lowest BCUT2D eigenvalue weighted by Gasteiger charge is -2.10. The van der Waals surface area contributed by atoms with Crippen molar-refractivity contribution in [3.05, 3.63) is 52.5 Å². The van der Waals surface area contributed by atoms with E-state index in [2.05, 4.69) is 12.2 Å². The van der Waals surface area contributed by atoms with Crippen molar-refractivity contribution in [3.8, 4) is 11.5 Å². The van der Waals surface area contributed by atoms with Crippen LogP contribution in [-0.2, 0) is 4.79 Å². The first-order valence-electron chi connectivity index (χ1n) is 8.19. The molecule has 0 aliphatic heterocycles. The monoisotopic (exact) mass is 381 g/mol. The van der Waals surface area contributed by atoms with Crippen molar-refractivity contribution in [1.29, 1.82) is 0 Å². The molecule has 2 aromatic rings. The molecular formula is C19H21Cl2NO3. The van der Waals surface area contributed by atoms with Crippen LogP contribution in [0.3, 0.4) is 0 Å². The predicted molar refractivity (Wildman–Crippen MR) is 102 cm³/mol. The van der Waals surface area contributed by atoms with Gasteiger partial charge in [-0.3, -0.25) is 4.79 Å². The fraction of sp³-hybridized carbons (Fsp3) is 0.316. The van der Waals surface area contributed by atoms with Crippen LogP contribution in [0.25, 0.3) is 0 Å². The Kier molecular flexibility index (Phi) is 7.89. The highest BCUT2D eigenvalue weighted by Gasteiger charge is 2.06. The Hall–Kier alpha value is -1.91. The number of halogens is 2. The zero-order chi connectivity index (χ0) is 18.1. The second kappa shape index (κ2) is 10.2. The van der Waals surface area contributed by atoms with E-state index in [0.29, 0.717) is 28.1 Å². The van der Waals surface area contributed by atoms with Gasteiger partial charge in [-0.25, -0.2) is 0 Å². The summed E-state index contributed by atoms with van der Waals surface area (Å²) in [6, 6.07) is 12.2. The minimum absolute atomic E-state index is 0.112. The number of anilines is 1. The van der Waals surface area contributed by atoms with Gasteiger partial charge in [-0.1, -0.05) is 49.0 Å². The molecule has 0 aromatic heterocycles. The van der Waals surface area contributed by atoms with Crippen molar-refractivity contribution in [2.45, 2.75) is 26.2 Å². The Labute approximate surface area is 158 Å². The largest absolute Gasteiger partial charge is 0.493 e. The molecule has 0 spiro atoms. The normalized spacial score (nSPS) is 10.4. The Morgan fingerprint density at radius 1 is 1.00 bits per heavy atom. The molecule has 0 saturated carbocycles. The number of carbonyl (C=O) groups is 1. The van der Waals surface area contributed by atoms with Crippen molar-refractivity contribution in [1.82, 2.24) is 0 Å². The molecule has 1 N–H and O–H groups in total. The van der Waals surface area contributed by atoms with Crippen molar-refractivity contribution in [2.75, 3.05) is 18.5 Å². The first kappa shape index (κ1) is 19.4. The molecule has 2 aromatic carbocycles. The highest BCUT2D eigenvalue weighted by molar-refractivity contribution is 6.42. The average Bonchev–Trinajstić information content (AvgIpc) is 2.61. The number of carbonyl (C=O) groups excluding carboxylic acids is 1. The van der Waals surface area contributed by atoms with E-state index in [1.54, 1.807) is 30.3 Å². The van der Waals surface area contributed by atoms with Gasteiger partial charge in [-0.05, 0) is 36.8 Å². The third-order valence-corrected chi connectivity index (χ3v) is 4.13. The molecule has 6 heteroatoms. The molecule has 0 aliphatic rings. The summed E-state index contributed by atoms with van der Waals surface area (Å²) in [5, 5.41) is 3.52. The van der Waals surface area contributed by atoms with E-state index in [1.807, 2.05) is 12.1 Å². The fourth-order valence-corrected chi connectivity index (χ4v) is 2.41. The molecule has 0 radical (unpaired) electrons. The van der Waals surface area contributed by atoms with E-state index in [-0.39, 0.29) is 12.5 Å². The maximum Gasteiger partial charge on any atom is 0.262 e. The van der Waals surface area contributed by atoms with Crippen molar-refractivity contribution < 1.29 is 14.3 Å². The molecule has 0 bridgehead atoms. The lowest BCUT2D eigenvalue weighted by molar-refractivity contribution is -0.118. The summed E-state index contributed by atoms with van der Waals surface area (Å²) in [4.78, 5) is 12.0. The third kappa shape index (κ3) is 6.85. The Morgan fingerprint density at radius 2 is 1.76 bits per heavy atom. The van der Waals surface area contributed by atoms with E-state index in [9.17, 15) is 4.79 Å². The van der Waals surface area contributed by atoms with Gasteiger partial charge in [0.2, 0.25) is 0 Å². The van der Waals surface area contributed by atoms with Crippen LogP contribution in [0.1, 0.15) is 26.2 Å². The van der Waals surface area contributed by atoms with Gasteiger partial charge in [0.25, 0.3) is 5.91 Å². The van der Waals surface area contributed by atoms with E-state index in [4.69, 9.17) is 32.7 Å². The standard InChI is InChI=1S/C19H21Cl2NO3/c1-2-3-4-10-24-15-6-5-7-16(12-15)25-13-19(23)22-14-8-9-17(20)18(21)11-14/h5-9,11-12H,2-4,10,13H2,1H3,(H,22,23). The molecule has 4 nitrogen and oxygen atoms in total. The van der Waals surface area contributed by atoms with E-state index < -0.39 is 0 Å². The van der Waals surface area contributed by atoms with Gasteiger partial charge in [-0.15, -0.1) is 0 Å². The lowest BCUT2D eigenvalue weighted by atomic mass is 10.3. The Morgan fingerprint density at radius 3 is 2.48 bits per heavy atom. The highest BCUT2D eigenvalue weighted by Crippen LogP contribution is 2.25. The van der Waals surface area contributed by atoms with Crippen molar-refractivity contribution in [3.63, 3.8) is 0 Å². The van der Waals surface area contributed by atoms with Gasteiger partial charge in [0.1, 0.15) is 11.5 Å². The zero-order valence-corrected chi connectivity index (χ0v) is 15.6. The van der Waals surface area contributed by atoms with Crippen LogP contribution in [0.15, 0.2) is 42.5 Å². The number of nitrogens with one attached hydrogen (secondary N) is 1. The number of hydrogen-bond donors (Lipinski definition) is 1. The van der Waals surface area contributed by atoms with Gasteiger partial charge in [0.15, 0.2) is 6.61 Å². The molecule has 1 amide bonds. The minimum Gasteiger partial charge on any atom is -0.493 e. The third-order valence-electron chi connectivity index (χ3n) is 3.40. The van der Waals surface area contributed by atoms with Gasteiger partial charge in [-0.2, -0.15) is 0 Å². The van der Waals surface area contributed by atoms with Crippen LogP contribution in [0.5, 0.6) is 11.5 Å². The number of amides is 1. The van der Waals surface area contributed by atoms with Crippen LogP contribution in [0.4, 0.5) is 5.69 Å². The molecule has 25 heavy (non-hydrogen) atoms. The van der Waals surface area contributed by atoms with Crippen LogP contribution < -0.4 is 14.8 Å². The second-order valence-electron chi connectivity index (χ2n) is 5.50. The Balaban J connectivity index is 1.81. The minimum atomic E-state index is -0.285. The summed E-state index contributed by atoms with van der Waals surface area (Å²) >= 11 is 11.8. The molecule has 0 heterocycles. The first-order valence-corrected chi connectivity index (χ1v) is 8.94. The number of benzene rings is 2. The van der Waals surface area contributed by atoms with Crippen LogP contribution >= 0.6 is 23.2 Å². The fourth-order valence-electron chi connectivity index (χ4n) is 2.12. The topological polar surface area (TPSA) is 47.6 Å². The summed E-state index contributed by atoms with van der Waals surface area (Å²) in [7, 11) is 0. The van der Waals surface area contributed by atoms with Crippen molar-refractivity contribution in [2.24, 2.45) is 0 Å². The molecule has 0 aliphatic carbocycles. The van der Waals surface area contributed by atoms with Crippen LogP contribution in [0, 0.1) is 0 Å². The summed E-state index contributed by atoms with van der Waals surface area (Å²) in [6.45, 7) is 2.71. The summed E-state index contributed by atoms with van der Waals surface area (Å²) in [5.74, 6) is 1.03. The van der Waals surface area contributed by atoms with E-state index in [0.717, 1.165) is 25.0 Å². The van der Waals surface area contributed by atoms with E-state index >= 15 is 0 Å². The summed E-state index contributed by atoms with van der Waals surface area (Å²) < 4.78 is 11.2. The molecule has 0 atom stereocenters. The summed E-state index contributed by atoms with van der Waals surface area (Å²) in [5.41, 5.74) is 0.566. The molecule has 0 fully saturated rings. The molecule has 2 rings (SSSR count). The quantitative estimate of drug-likeness (QED) is 0.576. The highest BCUT2D eigenvalue weighted by atomic mass is 35.5. The Bertz CT molecular complexity index is 707. The van der Waals surface area contributed by atoms with Gasteiger partial charge in [0, 0.05) is 11.8 Å².